The molecule has 0 aliphatic carbocycles. The van der Waals surface area contributed by atoms with Crippen LogP contribution in [0.3, 0.4) is 0 Å². The average molecular weight is 1070 g/mol. The minimum atomic E-state index is -0.817. The summed E-state index contributed by atoms with van der Waals surface area (Å²) in [4.78, 5) is 24.6. The van der Waals surface area contributed by atoms with Gasteiger partial charge in [0.25, 0.3) is 0 Å². The van der Waals surface area contributed by atoms with Gasteiger partial charge in [0, 0.05) is 12.8 Å². The number of carbonyl (C=O) groups is 2. The van der Waals surface area contributed by atoms with E-state index in [9.17, 15) is 14.7 Å². The molecule has 0 aromatic carbocycles. The first-order valence-electron chi connectivity index (χ1n) is 30.3. The zero-order chi connectivity index (χ0) is 56.2. The molecule has 0 radical (unpaired) electrons. The summed E-state index contributed by atoms with van der Waals surface area (Å²) in [5.41, 5.74) is 0. The summed E-state index contributed by atoms with van der Waals surface area (Å²) in [7, 11) is 0. The molecule has 0 bridgehead atoms. The standard InChI is InChI=1S/C73H108O5/c1-3-5-7-9-11-13-15-17-19-21-23-25-27-29-31-33-34-35-36-37-38-40-42-44-46-48-50-52-54-56-58-60-62-64-66-68-73(76)78-71(69-74)70-77-72(75)67-65-63-61-59-57-55-53-51-49-47-45-43-41-39-32-30-28-26-24-22-20-18-16-14-12-10-8-6-4-2/h5-8,11-14,17-20,23-26,29-32,34-35,37-38,41-44,47-50,53-56,71,74H,3-4,9-10,15-16,21-22,27-28,33,36,39-40,45-46,51-52,57-70H2,1-2H3/b7-5-,8-6-,13-11-,14-12-,19-17-,20-18-,25-23-,26-24-,31-29-,32-30-,35-34-,38-37-,43-41-,44-42-,49-47-,50-48-,55-53-,56-54-. The highest BCUT2D eigenvalue weighted by atomic mass is 16.6. The van der Waals surface area contributed by atoms with Gasteiger partial charge in [0.05, 0.1) is 6.61 Å². The van der Waals surface area contributed by atoms with E-state index in [0.717, 1.165) is 180 Å². The fraction of sp³-hybridized carbons (Fsp3) is 0.479. The van der Waals surface area contributed by atoms with E-state index in [1.165, 1.54) is 0 Å². The predicted octanol–water partition coefficient (Wildman–Crippen LogP) is 21.2. The lowest BCUT2D eigenvalue weighted by Gasteiger charge is -2.15. The number of hydrogen-bond donors (Lipinski definition) is 1. The maximum atomic E-state index is 12.3. The van der Waals surface area contributed by atoms with Crippen LogP contribution in [0.2, 0.25) is 0 Å². The highest BCUT2D eigenvalue weighted by molar-refractivity contribution is 5.70. The first-order chi connectivity index (χ1) is 38.6. The number of esters is 2. The SMILES string of the molecule is CC/C=C\C/C=C\C/C=C\C/C=C\C/C=C\C/C=C\C/C=C\C/C=C\C/C=C\C/C=C\CCCCCCC(=O)OC(CO)COC(=O)CCCCCC/C=C\C/C=C\C/C=C\C/C=C\C/C=C\C/C=C\C/C=C\C/C=C\CC. The van der Waals surface area contributed by atoms with Crippen LogP contribution < -0.4 is 0 Å². The Labute approximate surface area is 478 Å². The Morgan fingerprint density at radius 2 is 0.513 bits per heavy atom. The first kappa shape index (κ1) is 72.2. The molecule has 1 atom stereocenters. The molecule has 0 aliphatic heterocycles. The van der Waals surface area contributed by atoms with Crippen molar-refractivity contribution in [2.75, 3.05) is 13.2 Å². The van der Waals surface area contributed by atoms with E-state index in [4.69, 9.17) is 9.47 Å². The topological polar surface area (TPSA) is 72.8 Å². The third kappa shape index (κ3) is 62.8. The van der Waals surface area contributed by atoms with Crippen molar-refractivity contribution >= 4 is 11.9 Å². The Bertz CT molecular complexity index is 1930. The minimum absolute atomic E-state index is 0.107. The highest BCUT2D eigenvalue weighted by Crippen LogP contribution is 2.11. The van der Waals surface area contributed by atoms with Crippen molar-refractivity contribution in [2.45, 2.75) is 213 Å². The monoisotopic (exact) mass is 1060 g/mol. The van der Waals surface area contributed by atoms with E-state index < -0.39 is 6.10 Å². The van der Waals surface area contributed by atoms with Crippen molar-refractivity contribution in [1.82, 2.24) is 0 Å². The Balaban J connectivity index is 3.73. The lowest BCUT2D eigenvalue weighted by atomic mass is 10.1. The van der Waals surface area contributed by atoms with Gasteiger partial charge in [0.1, 0.15) is 6.61 Å². The van der Waals surface area contributed by atoms with Gasteiger partial charge in [-0.15, -0.1) is 0 Å². The van der Waals surface area contributed by atoms with Crippen molar-refractivity contribution in [1.29, 1.82) is 0 Å². The molecule has 0 aromatic heterocycles. The van der Waals surface area contributed by atoms with Gasteiger partial charge in [-0.25, -0.2) is 0 Å². The van der Waals surface area contributed by atoms with Gasteiger partial charge in [0.2, 0.25) is 0 Å². The van der Waals surface area contributed by atoms with Gasteiger partial charge in [-0.2, -0.15) is 0 Å². The molecule has 1 unspecified atom stereocenters. The molecule has 0 amide bonds. The summed E-state index contributed by atoms with van der Waals surface area (Å²) in [6.45, 7) is 3.85. The zero-order valence-electron chi connectivity index (χ0n) is 49.1. The van der Waals surface area contributed by atoms with E-state index in [-0.39, 0.29) is 25.2 Å². The van der Waals surface area contributed by atoms with Gasteiger partial charge < -0.3 is 14.6 Å². The van der Waals surface area contributed by atoms with Gasteiger partial charge in [-0.1, -0.05) is 258 Å². The normalized spacial score (nSPS) is 13.8. The van der Waals surface area contributed by atoms with Crippen molar-refractivity contribution in [2.24, 2.45) is 0 Å². The molecule has 0 spiro atoms. The third-order valence-corrected chi connectivity index (χ3v) is 11.8. The van der Waals surface area contributed by atoms with Crippen LogP contribution in [0.5, 0.6) is 0 Å². The van der Waals surface area contributed by atoms with Crippen molar-refractivity contribution in [3.8, 4) is 0 Å². The number of rotatable bonds is 52. The zero-order valence-corrected chi connectivity index (χ0v) is 49.1. The molecule has 0 aromatic rings. The summed E-state index contributed by atoms with van der Waals surface area (Å²) >= 11 is 0. The largest absolute Gasteiger partial charge is 0.462 e. The molecule has 0 saturated carbocycles. The van der Waals surface area contributed by atoms with Crippen LogP contribution in [0.25, 0.3) is 0 Å². The fourth-order valence-electron chi connectivity index (χ4n) is 7.30. The number of carbonyl (C=O) groups excluding carboxylic acids is 2. The quantitative estimate of drug-likeness (QED) is 0.0373. The van der Waals surface area contributed by atoms with Crippen LogP contribution in [0.1, 0.15) is 206 Å². The van der Waals surface area contributed by atoms with Crippen LogP contribution in [0, 0.1) is 0 Å². The summed E-state index contributed by atoms with van der Waals surface area (Å²) in [6, 6.07) is 0. The summed E-state index contributed by atoms with van der Waals surface area (Å²) < 4.78 is 10.7. The van der Waals surface area contributed by atoms with Crippen molar-refractivity contribution < 1.29 is 24.2 Å². The lowest BCUT2D eigenvalue weighted by Crippen LogP contribution is -2.28. The lowest BCUT2D eigenvalue weighted by molar-refractivity contribution is -0.161. The number of allylic oxidation sites excluding steroid dienone is 36. The molecule has 0 fully saturated rings. The van der Waals surface area contributed by atoms with E-state index in [2.05, 4.69) is 233 Å². The molecule has 0 heterocycles. The number of unbranched alkanes of at least 4 members (excludes halogenated alkanes) is 8. The fourth-order valence-corrected chi connectivity index (χ4v) is 7.30. The second-order valence-electron chi connectivity index (χ2n) is 19.0. The third-order valence-electron chi connectivity index (χ3n) is 11.8. The van der Waals surface area contributed by atoms with Gasteiger partial charge >= 0.3 is 11.9 Å². The molecule has 0 saturated heterocycles. The molecule has 5 nitrogen and oxygen atoms in total. The van der Waals surface area contributed by atoms with Crippen LogP contribution in [0.15, 0.2) is 219 Å². The molecule has 430 valence electrons. The van der Waals surface area contributed by atoms with Gasteiger partial charge in [-0.05, 0) is 154 Å². The molecular formula is C73H108O5. The molecule has 5 heteroatoms. The maximum absolute atomic E-state index is 12.3. The molecule has 0 aliphatic rings. The minimum Gasteiger partial charge on any atom is -0.462 e. The summed E-state index contributed by atoms with van der Waals surface area (Å²) in [6.07, 6.45) is 108. The number of aliphatic hydroxyl groups is 1. The number of hydrogen-bond acceptors (Lipinski definition) is 5. The van der Waals surface area contributed by atoms with E-state index >= 15 is 0 Å². The van der Waals surface area contributed by atoms with Crippen LogP contribution in [0.4, 0.5) is 0 Å². The Morgan fingerprint density at radius 1 is 0.295 bits per heavy atom. The van der Waals surface area contributed by atoms with E-state index in [1.807, 2.05) is 0 Å². The Hall–Kier alpha value is -5.78. The Morgan fingerprint density at radius 3 is 0.756 bits per heavy atom. The van der Waals surface area contributed by atoms with Crippen molar-refractivity contribution in [3.63, 3.8) is 0 Å². The predicted molar refractivity (Wildman–Crippen MR) is 342 cm³/mol. The molecule has 1 N–H and O–H groups in total. The first-order valence-corrected chi connectivity index (χ1v) is 30.3. The second-order valence-corrected chi connectivity index (χ2v) is 19.0. The van der Waals surface area contributed by atoms with Crippen LogP contribution in [-0.4, -0.2) is 36.4 Å². The van der Waals surface area contributed by atoms with Crippen LogP contribution in [-0.2, 0) is 19.1 Å². The molecular weight excluding hydrogens is 957 g/mol. The number of aliphatic hydroxyl groups excluding tert-OH is 1. The second kappa shape index (κ2) is 65.5. The van der Waals surface area contributed by atoms with Gasteiger partial charge in [-0.3, -0.25) is 9.59 Å². The molecule has 0 rings (SSSR count). The van der Waals surface area contributed by atoms with E-state index in [1.54, 1.807) is 0 Å². The summed E-state index contributed by atoms with van der Waals surface area (Å²) in [5, 5.41) is 9.67. The number of ether oxygens (including phenoxy) is 2. The smallest absolute Gasteiger partial charge is 0.306 e. The van der Waals surface area contributed by atoms with Crippen LogP contribution >= 0.6 is 0 Å². The average Bonchev–Trinajstić information content (AvgIpc) is 3.44. The Kier molecular flexibility index (Phi) is 60.6. The maximum Gasteiger partial charge on any atom is 0.306 e. The van der Waals surface area contributed by atoms with E-state index in [0.29, 0.717) is 12.8 Å². The summed E-state index contributed by atoms with van der Waals surface area (Å²) in [5.74, 6) is -0.670. The van der Waals surface area contributed by atoms with Crippen molar-refractivity contribution in [3.05, 3.63) is 219 Å². The van der Waals surface area contributed by atoms with Gasteiger partial charge in [0.15, 0.2) is 6.10 Å². The highest BCUT2D eigenvalue weighted by Gasteiger charge is 2.16. The molecule has 78 heavy (non-hydrogen) atoms.